The van der Waals surface area contributed by atoms with Crippen LogP contribution in [0.3, 0.4) is 0 Å². The van der Waals surface area contributed by atoms with Gasteiger partial charge in [0.1, 0.15) is 11.9 Å². The predicted molar refractivity (Wildman–Crippen MR) is 60.2 cm³/mol. The third kappa shape index (κ3) is 4.61. The lowest BCUT2D eigenvalue weighted by molar-refractivity contribution is -0.152. The van der Waals surface area contributed by atoms with Crippen LogP contribution >= 0.6 is 0 Å². The molecule has 1 aromatic carbocycles. The van der Waals surface area contributed by atoms with E-state index in [9.17, 15) is 5.11 Å². The Morgan fingerprint density at radius 3 is 2.25 bits per heavy atom. The highest BCUT2D eigenvalue weighted by atomic mass is 16.7. The Bertz CT molecular complexity index is 284. The minimum absolute atomic E-state index is 0.127. The molecular formula is C12H18O4. The number of hydrogen-bond acceptors (Lipinski definition) is 4. The molecule has 4 heteroatoms. The number of hydrogen-bond donors (Lipinski definition) is 2. The lowest BCUT2D eigenvalue weighted by Crippen LogP contribution is -2.34. The topological polar surface area (TPSA) is 58.9 Å². The monoisotopic (exact) mass is 226 g/mol. The minimum Gasteiger partial charge on any atom is -0.462 e. The van der Waals surface area contributed by atoms with Crippen LogP contribution in [0.25, 0.3) is 0 Å². The second-order valence-electron chi connectivity index (χ2n) is 3.72. The predicted octanol–water partition coefficient (Wildman–Crippen LogP) is 1.17. The molecule has 0 aliphatic carbocycles. The summed E-state index contributed by atoms with van der Waals surface area (Å²) in [6.07, 6.45) is -2.11. The Morgan fingerprint density at radius 2 is 1.75 bits per heavy atom. The summed E-state index contributed by atoms with van der Waals surface area (Å²) in [6.45, 7) is 3.32. The maximum atomic E-state index is 9.45. The number of ether oxygens (including phenoxy) is 2. The van der Waals surface area contributed by atoms with E-state index in [0.717, 1.165) is 0 Å². The van der Waals surface area contributed by atoms with Gasteiger partial charge in [0.15, 0.2) is 0 Å². The molecule has 0 amide bonds. The van der Waals surface area contributed by atoms with Crippen molar-refractivity contribution < 1.29 is 19.7 Å². The summed E-state index contributed by atoms with van der Waals surface area (Å²) in [5.74, 6) is 0.624. The normalized spacial score (nSPS) is 16.5. The lowest BCUT2D eigenvalue weighted by atomic mass is 10.3. The highest BCUT2D eigenvalue weighted by molar-refractivity contribution is 5.21. The highest BCUT2D eigenvalue weighted by Gasteiger charge is 2.18. The SMILES string of the molecule is CC(O)COC(Oc1ccccc1)C(C)O. The van der Waals surface area contributed by atoms with Gasteiger partial charge in [-0.3, -0.25) is 0 Å². The third-order valence-electron chi connectivity index (χ3n) is 1.89. The molecule has 0 aromatic heterocycles. The molecule has 0 saturated carbocycles. The van der Waals surface area contributed by atoms with Crippen molar-refractivity contribution in [3.8, 4) is 5.75 Å². The van der Waals surface area contributed by atoms with Crippen LogP contribution in [0.1, 0.15) is 13.8 Å². The smallest absolute Gasteiger partial charge is 0.225 e. The highest BCUT2D eigenvalue weighted by Crippen LogP contribution is 2.13. The van der Waals surface area contributed by atoms with E-state index >= 15 is 0 Å². The first-order valence-corrected chi connectivity index (χ1v) is 5.29. The average Bonchev–Trinajstić information content (AvgIpc) is 2.25. The van der Waals surface area contributed by atoms with Crippen LogP contribution in [0.5, 0.6) is 5.75 Å². The van der Waals surface area contributed by atoms with E-state index in [1.165, 1.54) is 0 Å². The third-order valence-corrected chi connectivity index (χ3v) is 1.89. The van der Waals surface area contributed by atoms with Gasteiger partial charge in [0.05, 0.1) is 12.7 Å². The number of para-hydroxylation sites is 1. The molecule has 0 bridgehead atoms. The summed E-state index contributed by atoms with van der Waals surface area (Å²) in [6, 6.07) is 9.11. The van der Waals surface area contributed by atoms with E-state index < -0.39 is 18.5 Å². The Kier molecular flexibility index (Phi) is 5.25. The van der Waals surface area contributed by atoms with Crippen LogP contribution in [0.15, 0.2) is 30.3 Å². The Balaban J connectivity index is 2.51. The van der Waals surface area contributed by atoms with E-state index in [2.05, 4.69) is 0 Å². The van der Waals surface area contributed by atoms with Crippen molar-refractivity contribution in [3.05, 3.63) is 30.3 Å². The molecular weight excluding hydrogens is 208 g/mol. The van der Waals surface area contributed by atoms with Gasteiger partial charge in [-0.25, -0.2) is 0 Å². The van der Waals surface area contributed by atoms with E-state index in [0.29, 0.717) is 5.75 Å². The van der Waals surface area contributed by atoms with Crippen molar-refractivity contribution in [2.75, 3.05) is 6.61 Å². The van der Waals surface area contributed by atoms with Gasteiger partial charge in [0.2, 0.25) is 6.29 Å². The molecule has 0 radical (unpaired) electrons. The Labute approximate surface area is 95.4 Å². The van der Waals surface area contributed by atoms with E-state index in [1.807, 2.05) is 18.2 Å². The summed E-state index contributed by atoms with van der Waals surface area (Å²) in [4.78, 5) is 0. The number of rotatable bonds is 6. The zero-order valence-corrected chi connectivity index (χ0v) is 9.54. The van der Waals surface area contributed by atoms with Crippen LogP contribution in [-0.2, 0) is 4.74 Å². The average molecular weight is 226 g/mol. The van der Waals surface area contributed by atoms with Crippen molar-refractivity contribution in [1.82, 2.24) is 0 Å². The number of aliphatic hydroxyl groups excluding tert-OH is 2. The molecule has 90 valence electrons. The van der Waals surface area contributed by atoms with Gasteiger partial charge in [0.25, 0.3) is 0 Å². The first kappa shape index (κ1) is 13.0. The fourth-order valence-corrected chi connectivity index (χ4v) is 1.14. The lowest BCUT2D eigenvalue weighted by Gasteiger charge is -2.22. The molecule has 0 saturated heterocycles. The van der Waals surface area contributed by atoms with Gasteiger partial charge < -0.3 is 19.7 Å². The second-order valence-corrected chi connectivity index (χ2v) is 3.72. The quantitative estimate of drug-likeness (QED) is 0.715. The molecule has 0 fully saturated rings. The van der Waals surface area contributed by atoms with Crippen molar-refractivity contribution in [3.63, 3.8) is 0 Å². The zero-order valence-electron chi connectivity index (χ0n) is 9.54. The van der Waals surface area contributed by atoms with Crippen LogP contribution < -0.4 is 4.74 Å². The fourth-order valence-electron chi connectivity index (χ4n) is 1.14. The minimum atomic E-state index is -0.767. The van der Waals surface area contributed by atoms with E-state index in [-0.39, 0.29) is 6.61 Å². The van der Waals surface area contributed by atoms with Gasteiger partial charge in [-0.05, 0) is 26.0 Å². The van der Waals surface area contributed by atoms with E-state index in [1.54, 1.807) is 26.0 Å². The van der Waals surface area contributed by atoms with Gasteiger partial charge in [-0.1, -0.05) is 18.2 Å². The van der Waals surface area contributed by atoms with Gasteiger partial charge >= 0.3 is 0 Å². The molecule has 1 rings (SSSR count). The molecule has 0 aliphatic rings. The molecule has 3 unspecified atom stereocenters. The van der Waals surface area contributed by atoms with Crippen molar-refractivity contribution in [1.29, 1.82) is 0 Å². The molecule has 2 N–H and O–H groups in total. The molecule has 1 aromatic rings. The molecule has 0 aliphatic heterocycles. The second kappa shape index (κ2) is 6.48. The summed E-state index contributed by atoms with van der Waals surface area (Å²) in [5.41, 5.74) is 0. The van der Waals surface area contributed by atoms with Crippen LogP contribution in [0.4, 0.5) is 0 Å². The maximum absolute atomic E-state index is 9.45. The summed E-state index contributed by atoms with van der Waals surface area (Å²) >= 11 is 0. The first-order valence-electron chi connectivity index (χ1n) is 5.29. The van der Waals surface area contributed by atoms with Crippen LogP contribution in [0, 0.1) is 0 Å². The van der Waals surface area contributed by atoms with Gasteiger partial charge in [-0.15, -0.1) is 0 Å². The van der Waals surface area contributed by atoms with Crippen molar-refractivity contribution in [2.45, 2.75) is 32.3 Å². The summed E-state index contributed by atoms with van der Waals surface area (Å²) in [7, 11) is 0. The molecule has 3 atom stereocenters. The first-order chi connectivity index (χ1) is 7.59. The summed E-state index contributed by atoms with van der Waals surface area (Å²) < 4.78 is 10.7. The molecule has 4 nitrogen and oxygen atoms in total. The van der Waals surface area contributed by atoms with Crippen molar-refractivity contribution >= 4 is 0 Å². The number of aliphatic hydroxyl groups is 2. The van der Waals surface area contributed by atoms with Crippen molar-refractivity contribution in [2.24, 2.45) is 0 Å². The summed E-state index contributed by atoms with van der Waals surface area (Å²) in [5, 5.41) is 18.5. The van der Waals surface area contributed by atoms with Gasteiger partial charge in [0, 0.05) is 0 Å². The molecule has 16 heavy (non-hydrogen) atoms. The Morgan fingerprint density at radius 1 is 1.12 bits per heavy atom. The van der Waals surface area contributed by atoms with Crippen LogP contribution in [-0.4, -0.2) is 35.3 Å². The zero-order chi connectivity index (χ0) is 12.0. The molecule has 0 heterocycles. The molecule has 0 spiro atoms. The van der Waals surface area contributed by atoms with E-state index in [4.69, 9.17) is 14.6 Å². The number of benzene rings is 1. The fraction of sp³-hybridized carbons (Fsp3) is 0.500. The largest absolute Gasteiger partial charge is 0.462 e. The maximum Gasteiger partial charge on any atom is 0.225 e. The standard InChI is InChI=1S/C12H18O4/c1-9(13)8-15-12(10(2)14)16-11-6-4-3-5-7-11/h3-7,9-10,12-14H,8H2,1-2H3. The van der Waals surface area contributed by atoms with Gasteiger partial charge in [-0.2, -0.15) is 0 Å². The van der Waals surface area contributed by atoms with Crippen LogP contribution in [0.2, 0.25) is 0 Å². The Hall–Kier alpha value is -1.10.